The van der Waals surface area contributed by atoms with Gasteiger partial charge in [-0.05, 0) is 31.2 Å². The highest BCUT2D eigenvalue weighted by Crippen LogP contribution is 2.23. The summed E-state index contributed by atoms with van der Waals surface area (Å²) < 4.78 is 5.44. The summed E-state index contributed by atoms with van der Waals surface area (Å²) >= 11 is 0. The van der Waals surface area contributed by atoms with Gasteiger partial charge in [0.15, 0.2) is 5.78 Å². The largest absolute Gasteiger partial charge is 0.492 e. The van der Waals surface area contributed by atoms with Gasteiger partial charge in [0, 0.05) is 30.8 Å². The van der Waals surface area contributed by atoms with Crippen LogP contribution in [-0.2, 0) is 4.79 Å². The highest BCUT2D eigenvalue weighted by molar-refractivity contribution is 6.00. The van der Waals surface area contributed by atoms with Gasteiger partial charge in [-0.25, -0.2) is 0 Å². The lowest BCUT2D eigenvalue weighted by Crippen LogP contribution is -2.14. The molecule has 1 N–H and O–H groups in total. The van der Waals surface area contributed by atoms with Gasteiger partial charge in [-0.3, -0.25) is 14.6 Å². The van der Waals surface area contributed by atoms with Gasteiger partial charge >= 0.3 is 0 Å². The number of carbonyl (C=O) groups is 2. The molecule has 0 aliphatic carbocycles. The van der Waals surface area contributed by atoms with Crippen molar-refractivity contribution < 1.29 is 14.3 Å². The number of ketones is 1. The fourth-order valence-electron chi connectivity index (χ4n) is 1.96. The Morgan fingerprint density at radius 3 is 2.68 bits per heavy atom. The molecule has 22 heavy (non-hydrogen) atoms. The molecule has 2 rings (SSSR count). The van der Waals surface area contributed by atoms with E-state index in [1.165, 1.54) is 6.20 Å². The van der Waals surface area contributed by atoms with E-state index in [0.717, 1.165) is 0 Å². The Bertz CT molecular complexity index is 641. The summed E-state index contributed by atoms with van der Waals surface area (Å²) in [6.45, 7) is 2.40. The predicted molar refractivity (Wildman–Crippen MR) is 84.0 cm³/mol. The van der Waals surface area contributed by atoms with Crippen molar-refractivity contribution in [3.8, 4) is 5.75 Å². The van der Waals surface area contributed by atoms with Crippen molar-refractivity contribution in [3.63, 3.8) is 0 Å². The van der Waals surface area contributed by atoms with Crippen molar-refractivity contribution in [2.75, 3.05) is 11.9 Å². The quantitative estimate of drug-likeness (QED) is 0.798. The molecule has 1 aromatic heterocycles. The molecule has 0 radical (unpaired) electrons. The minimum absolute atomic E-state index is 0.0960. The number of para-hydroxylation sites is 2. The van der Waals surface area contributed by atoms with E-state index in [-0.39, 0.29) is 24.5 Å². The van der Waals surface area contributed by atoms with Crippen LogP contribution in [0.2, 0.25) is 0 Å². The molecule has 5 nitrogen and oxygen atoms in total. The SMILES string of the molecule is CCOc1ccccc1NC(=O)CCC(=O)c1cccnc1. The Morgan fingerprint density at radius 2 is 1.95 bits per heavy atom. The Morgan fingerprint density at radius 1 is 1.14 bits per heavy atom. The number of Topliss-reactive ketones (excluding diaryl/α,β-unsaturated/α-hetero) is 1. The van der Waals surface area contributed by atoms with Gasteiger partial charge in [-0.2, -0.15) is 0 Å². The molecule has 2 aromatic rings. The third kappa shape index (κ3) is 4.41. The maximum atomic E-state index is 12.0. The summed E-state index contributed by atoms with van der Waals surface area (Å²) in [4.78, 5) is 27.8. The van der Waals surface area contributed by atoms with Gasteiger partial charge in [0.05, 0.1) is 12.3 Å². The van der Waals surface area contributed by atoms with Crippen LogP contribution in [0.3, 0.4) is 0 Å². The minimum atomic E-state index is -0.218. The number of anilines is 1. The van der Waals surface area contributed by atoms with E-state index in [0.29, 0.717) is 23.6 Å². The molecule has 1 amide bonds. The zero-order valence-electron chi connectivity index (χ0n) is 12.4. The lowest BCUT2D eigenvalue weighted by molar-refractivity contribution is -0.116. The lowest BCUT2D eigenvalue weighted by Gasteiger charge is -2.11. The van der Waals surface area contributed by atoms with Crippen molar-refractivity contribution in [2.45, 2.75) is 19.8 Å². The first kappa shape index (κ1) is 15.7. The zero-order chi connectivity index (χ0) is 15.8. The number of ether oxygens (including phenoxy) is 1. The van der Waals surface area contributed by atoms with Gasteiger partial charge in [0.25, 0.3) is 0 Å². The molecule has 0 spiro atoms. The number of amides is 1. The smallest absolute Gasteiger partial charge is 0.224 e. The zero-order valence-corrected chi connectivity index (χ0v) is 12.4. The first-order valence-electron chi connectivity index (χ1n) is 7.15. The minimum Gasteiger partial charge on any atom is -0.492 e. The molecule has 1 aromatic carbocycles. The molecule has 5 heteroatoms. The second-order valence-corrected chi connectivity index (χ2v) is 4.64. The van der Waals surface area contributed by atoms with Gasteiger partial charge < -0.3 is 10.1 Å². The van der Waals surface area contributed by atoms with Crippen LogP contribution in [-0.4, -0.2) is 23.3 Å². The monoisotopic (exact) mass is 298 g/mol. The summed E-state index contributed by atoms with van der Waals surface area (Å²) in [6.07, 6.45) is 3.38. The van der Waals surface area contributed by atoms with Gasteiger partial charge in [0.2, 0.25) is 5.91 Å². The van der Waals surface area contributed by atoms with E-state index in [4.69, 9.17) is 4.74 Å². The topological polar surface area (TPSA) is 68.3 Å². The molecule has 0 fully saturated rings. The molecule has 0 aliphatic rings. The van der Waals surface area contributed by atoms with Crippen molar-refractivity contribution in [1.82, 2.24) is 4.98 Å². The highest BCUT2D eigenvalue weighted by Gasteiger charge is 2.11. The molecule has 0 atom stereocenters. The van der Waals surface area contributed by atoms with E-state index in [1.807, 2.05) is 19.1 Å². The van der Waals surface area contributed by atoms with Crippen molar-refractivity contribution in [1.29, 1.82) is 0 Å². The van der Waals surface area contributed by atoms with Crippen molar-refractivity contribution in [3.05, 3.63) is 54.4 Å². The van der Waals surface area contributed by atoms with Crippen LogP contribution < -0.4 is 10.1 Å². The second kappa shape index (κ2) is 7.93. The van der Waals surface area contributed by atoms with Crippen LogP contribution in [0, 0.1) is 0 Å². The van der Waals surface area contributed by atoms with Crippen molar-refractivity contribution in [2.24, 2.45) is 0 Å². The number of nitrogens with zero attached hydrogens (tertiary/aromatic N) is 1. The number of carbonyl (C=O) groups excluding carboxylic acids is 2. The number of nitrogens with one attached hydrogen (secondary N) is 1. The van der Waals surface area contributed by atoms with E-state index in [2.05, 4.69) is 10.3 Å². The summed E-state index contributed by atoms with van der Waals surface area (Å²) in [6, 6.07) is 10.6. The molecule has 0 bridgehead atoms. The Hall–Kier alpha value is -2.69. The van der Waals surface area contributed by atoms with Crippen LogP contribution >= 0.6 is 0 Å². The molecule has 0 saturated carbocycles. The molecule has 0 aliphatic heterocycles. The van der Waals surface area contributed by atoms with Crippen LogP contribution in [0.5, 0.6) is 5.75 Å². The molecular formula is C17H18N2O3. The Balaban J connectivity index is 1.90. The van der Waals surface area contributed by atoms with E-state index in [1.54, 1.807) is 30.5 Å². The summed E-state index contributed by atoms with van der Waals surface area (Å²) in [7, 11) is 0. The number of rotatable bonds is 7. The number of hydrogen-bond donors (Lipinski definition) is 1. The normalized spacial score (nSPS) is 10.0. The van der Waals surface area contributed by atoms with Crippen LogP contribution in [0.4, 0.5) is 5.69 Å². The van der Waals surface area contributed by atoms with Crippen LogP contribution in [0.15, 0.2) is 48.8 Å². The maximum absolute atomic E-state index is 12.0. The predicted octanol–water partition coefficient (Wildman–Crippen LogP) is 3.08. The second-order valence-electron chi connectivity index (χ2n) is 4.64. The molecular weight excluding hydrogens is 280 g/mol. The molecule has 1 heterocycles. The lowest BCUT2D eigenvalue weighted by atomic mass is 10.1. The standard InChI is InChI=1S/C17H18N2O3/c1-2-22-16-8-4-3-7-14(16)19-17(21)10-9-15(20)13-6-5-11-18-12-13/h3-8,11-12H,2,9-10H2,1H3,(H,19,21). The van der Waals surface area contributed by atoms with Gasteiger partial charge in [-0.1, -0.05) is 12.1 Å². The first-order valence-corrected chi connectivity index (χ1v) is 7.15. The number of hydrogen-bond acceptors (Lipinski definition) is 4. The average molecular weight is 298 g/mol. The third-order valence-electron chi connectivity index (χ3n) is 3.02. The fourth-order valence-corrected chi connectivity index (χ4v) is 1.96. The van der Waals surface area contributed by atoms with E-state index < -0.39 is 0 Å². The average Bonchev–Trinajstić information content (AvgIpc) is 2.55. The summed E-state index contributed by atoms with van der Waals surface area (Å²) in [5.41, 5.74) is 1.13. The Labute approximate surface area is 129 Å². The third-order valence-corrected chi connectivity index (χ3v) is 3.02. The highest BCUT2D eigenvalue weighted by atomic mass is 16.5. The summed E-state index contributed by atoms with van der Waals surface area (Å²) in [5, 5.41) is 2.77. The molecule has 0 unspecified atom stereocenters. The first-order chi connectivity index (χ1) is 10.7. The van der Waals surface area contributed by atoms with E-state index >= 15 is 0 Å². The fraction of sp³-hybridized carbons (Fsp3) is 0.235. The van der Waals surface area contributed by atoms with Crippen LogP contribution in [0.1, 0.15) is 30.1 Å². The molecule has 114 valence electrons. The maximum Gasteiger partial charge on any atom is 0.224 e. The summed E-state index contributed by atoms with van der Waals surface area (Å²) in [5.74, 6) is 0.308. The van der Waals surface area contributed by atoms with Gasteiger partial charge in [-0.15, -0.1) is 0 Å². The van der Waals surface area contributed by atoms with Crippen LogP contribution in [0.25, 0.3) is 0 Å². The Kier molecular flexibility index (Phi) is 5.65. The number of pyridine rings is 1. The van der Waals surface area contributed by atoms with Gasteiger partial charge in [0.1, 0.15) is 5.75 Å². The van der Waals surface area contributed by atoms with E-state index in [9.17, 15) is 9.59 Å². The molecule has 0 saturated heterocycles. The number of aromatic nitrogens is 1. The van der Waals surface area contributed by atoms with Crippen molar-refractivity contribution >= 4 is 17.4 Å². The number of benzene rings is 1.